The van der Waals surface area contributed by atoms with E-state index in [1.807, 2.05) is 4.90 Å². The van der Waals surface area contributed by atoms with Crippen molar-refractivity contribution in [3.05, 3.63) is 0 Å². The fourth-order valence-electron chi connectivity index (χ4n) is 3.66. The van der Waals surface area contributed by atoms with E-state index in [1.54, 1.807) is 6.92 Å². The maximum absolute atomic E-state index is 12.5. The van der Waals surface area contributed by atoms with Crippen LogP contribution in [-0.2, 0) is 9.59 Å². The topological polar surface area (TPSA) is 69.7 Å². The summed E-state index contributed by atoms with van der Waals surface area (Å²) in [6.45, 7) is 5.28. The van der Waals surface area contributed by atoms with Gasteiger partial charge in [-0.05, 0) is 44.4 Å². The molecule has 4 amide bonds. The summed E-state index contributed by atoms with van der Waals surface area (Å²) in [6, 6.07) is -0.420. The number of hydrogen-bond acceptors (Lipinski definition) is 3. The third-order valence-electron chi connectivity index (χ3n) is 5.44. The van der Waals surface area contributed by atoms with Gasteiger partial charge in [-0.1, -0.05) is 13.3 Å². The van der Waals surface area contributed by atoms with E-state index in [0.717, 1.165) is 50.1 Å². The number of imide groups is 1. The minimum atomic E-state index is -0.800. The van der Waals surface area contributed by atoms with Gasteiger partial charge in [0.15, 0.2) is 0 Å². The second kappa shape index (κ2) is 5.56. The largest absolute Gasteiger partial charge is 0.341 e. The summed E-state index contributed by atoms with van der Waals surface area (Å²) in [5.74, 6) is 0.417. The number of likely N-dealkylation sites (tertiary alicyclic amines) is 1. The number of urea groups is 1. The molecule has 6 nitrogen and oxygen atoms in total. The average molecular weight is 307 g/mol. The number of nitrogens with zero attached hydrogens (tertiary/aromatic N) is 2. The van der Waals surface area contributed by atoms with Crippen LogP contribution in [0, 0.1) is 11.8 Å². The number of amides is 4. The summed E-state index contributed by atoms with van der Waals surface area (Å²) in [6.07, 6.45) is 5.16. The van der Waals surface area contributed by atoms with Gasteiger partial charge in [-0.2, -0.15) is 0 Å². The Morgan fingerprint density at radius 2 is 2.05 bits per heavy atom. The number of carbonyl (C=O) groups is 3. The van der Waals surface area contributed by atoms with Gasteiger partial charge in [0.1, 0.15) is 12.1 Å². The Hall–Kier alpha value is -1.59. The zero-order chi connectivity index (χ0) is 15.9. The second-order valence-corrected chi connectivity index (χ2v) is 7.05. The first kappa shape index (κ1) is 15.3. The number of piperidine rings is 1. The molecule has 0 aromatic heterocycles. The van der Waals surface area contributed by atoms with E-state index in [4.69, 9.17) is 0 Å². The lowest BCUT2D eigenvalue weighted by Crippen LogP contribution is -2.48. The Kier molecular flexibility index (Phi) is 3.87. The van der Waals surface area contributed by atoms with Crippen molar-refractivity contribution in [3.63, 3.8) is 0 Å². The molecule has 2 atom stereocenters. The Morgan fingerprint density at radius 3 is 2.68 bits per heavy atom. The molecule has 3 aliphatic rings. The first-order chi connectivity index (χ1) is 10.5. The van der Waals surface area contributed by atoms with E-state index < -0.39 is 11.6 Å². The Morgan fingerprint density at radius 1 is 1.32 bits per heavy atom. The summed E-state index contributed by atoms with van der Waals surface area (Å²) in [5, 5.41) is 2.79. The van der Waals surface area contributed by atoms with Gasteiger partial charge >= 0.3 is 6.03 Å². The van der Waals surface area contributed by atoms with Gasteiger partial charge in [0.2, 0.25) is 5.91 Å². The van der Waals surface area contributed by atoms with Crippen molar-refractivity contribution in [1.82, 2.24) is 15.1 Å². The zero-order valence-corrected chi connectivity index (χ0v) is 13.4. The molecule has 1 N–H and O–H groups in total. The molecular weight excluding hydrogens is 282 g/mol. The maximum Gasteiger partial charge on any atom is 0.325 e. The van der Waals surface area contributed by atoms with Crippen LogP contribution in [0.2, 0.25) is 0 Å². The molecule has 2 saturated heterocycles. The van der Waals surface area contributed by atoms with Gasteiger partial charge in [0.05, 0.1) is 0 Å². The highest BCUT2D eigenvalue weighted by Gasteiger charge is 2.56. The third kappa shape index (κ3) is 2.59. The van der Waals surface area contributed by atoms with Crippen LogP contribution in [0.15, 0.2) is 0 Å². The Bertz CT molecular complexity index is 503. The highest BCUT2D eigenvalue weighted by atomic mass is 16.2. The van der Waals surface area contributed by atoms with E-state index in [0.29, 0.717) is 5.92 Å². The average Bonchev–Trinajstić information content (AvgIpc) is 3.33. The molecule has 3 fully saturated rings. The monoisotopic (exact) mass is 307 g/mol. The molecule has 2 unspecified atom stereocenters. The second-order valence-electron chi connectivity index (χ2n) is 7.05. The summed E-state index contributed by atoms with van der Waals surface area (Å²) >= 11 is 0. The molecule has 2 aliphatic heterocycles. The van der Waals surface area contributed by atoms with E-state index in [2.05, 4.69) is 12.2 Å². The fraction of sp³-hybridized carbons (Fsp3) is 0.812. The van der Waals surface area contributed by atoms with Crippen molar-refractivity contribution < 1.29 is 14.4 Å². The molecule has 1 saturated carbocycles. The van der Waals surface area contributed by atoms with Crippen LogP contribution >= 0.6 is 0 Å². The van der Waals surface area contributed by atoms with Crippen LogP contribution in [0.4, 0.5) is 4.79 Å². The molecule has 0 aromatic carbocycles. The van der Waals surface area contributed by atoms with Crippen LogP contribution in [0.5, 0.6) is 0 Å². The van der Waals surface area contributed by atoms with E-state index >= 15 is 0 Å². The molecule has 0 aromatic rings. The normalized spacial score (nSPS) is 32.4. The quantitative estimate of drug-likeness (QED) is 0.797. The van der Waals surface area contributed by atoms with Gasteiger partial charge in [0, 0.05) is 13.1 Å². The van der Waals surface area contributed by atoms with Crippen molar-refractivity contribution in [1.29, 1.82) is 0 Å². The predicted molar refractivity (Wildman–Crippen MR) is 81.0 cm³/mol. The smallest absolute Gasteiger partial charge is 0.325 e. The van der Waals surface area contributed by atoms with Gasteiger partial charge in [-0.3, -0.25) is 14.5 Å². The lowest BCUT2D eigenvalue weighted by Gasteiger charge is -2.33. The lowest BCUT2D eigenvalue weighted by molar-refractivity contribution is -0.140. The van der Waals surface area contributed by atoms with Crippen LogP contribution in [0.3, 0.4) is 0 Å². The molecule has 6 heteroatoms. The fourth-order valence-corrected chi connectivity index (χ4v) is 3.66. The predicted octanol–water partition coefficient (Wildman–Crippen LogP) is 1.36. The minimum absolute atomic E-state index is 0.110. The summed E-state index contributed by atoms with van der Waals surface area (Å²) < 4.78 is 0. The minimum Gasteiger partial charge on any atom is -0.341 e. The number of hydrogen-bond donors (Lipinski definition) is 1. The zero-order valence-electron chi connectivity index (χ0n) is 13.4. The number of rotatable bonds is 4. The number of carbonyl (C=O) groups excluding carboxylic acids is 3. The van der Waals surface area contributed by atoms with Crippen LogP contribution in [0.25, 0.3) is 0 Å². The molecule has 2 heterocycles. The van der Waals surface area contributed by atoms with E-state index in [1.165, 1.54) is 0 Å². The molecule has 22 heavy (non-hydrogen) atoms. The van der Waals surface area contributed by atoms with Gasteiger partial charge in [0.25, 0.3) is 5.91 Å². The van der Waals surface area contributed by atoms with E-state index in [9.17, 15) is 14.4 Å². The molecule has 1 aliphatic carbocycles. The molecule has 3 rings (SSSR count). The van der Waals surface area contributed by atoms with Crippen molar-refractivity contribution >= 4 is 17.8 Å². The molecule has 122 valence electrons. The van der Waals surface area contributed by atoms with Crippen LogP contribution in [-0.4, -0.2) is 52.8 Å². The first-order valence-electron chi connectivity index (χ1n) is 8.37. The van der Waals surface area contributed by atoms with Crippen LogP contribution < -0.4 is 5.32 Å². The highest BCUT2D eigenvalue weighted by Crippen LogP contribution is 2.42. The van der Waals surface area contributed by atoms with Crippen molar-refractivity contribution in [2.24, 2.45) is 11.8 Å². The summed E-state index contributed by atoms with van der Waals surface area (Å²) in [5.41, 5.74) is -0.800. The van der Waals surface area contributed by atoms with Crippen molar-refractivity contribution in [3.8, 4) is 0 Å². The lowest BCUT2D eigenvalue weighted by atomic mass is 9.95. The summed E-state index contributed by atoms with van der Waals surface area (Å²) in [7, 11) is 0. The summed E-state index contributed by atoms with van der Waals surface area (Å²) in [4.78, 5) is 40.0. The third-order valence-corrected chi connectivity index (χ3v) is 5.44. The van der Waals surface area contributed by atoms with Crippen molar-refractivity contribution in [2.75, 3.05) is 19.6 Å². The van der Waals surface area contributed by atoms with Gasteiger partial charge < -0.3 is 10.2 Å². The highest BCUT2D eigenvalue weighted by molar-refractivity contribution is 6.09. The van der Waals surface area contributed by atoms with Crippen molar-refractivity contribution in [2.45, 2.75) is 51.5 Å². The molecule has 0 radical (unpaired) electrons. The SMILES string of the molecule is CCC1CCCN(C(=O)CN2C(=O)NC(C)(C3CC3)C2=O)C1. The van der Waals surface area contributed by atoms with Gasteiger partial charge in [-0.25, -0.2) is 4.79 Å². The molecule has 0 spiro atoms. The molecule has 0 bridgehead atoms. The maximum atomic E-state index is 12.5. The van der Waals surface area contributed by atoms with E-state index in [-0.39, 0.29) is 24.3 Å². The Labute approximate surface area is 131 Å². The van der Waals surface area contributed by atoms with Gasteiger partial charge in [-0.15, -0.1) is 0 Å². The number of nitrogens with one attached hydrogen (secondary N) is 1. The first-order valence-corrected chi connectivity index (χ1v) is 8.37. The Balaban J connectivity index is 1.64. The molecular formula is C16H25N3O3. The van der Waals surface area contributed by atoms with Crippen LogP contribution in [0.1, 0.15) is 46.0 Å². The standard InChI is InChI=1S/C16H25N3O3/c1-3-11-5-4-8-18(9-11)13(20)10-19-14(21)16(2,12-6-7-12)17-15(19)22/h11-12H,3-10H2,1-2H3,(H,17,22).